The van der Waals surface area contributed by atoms with Crippen molar-refractivity contribution >= 4 is 0 Å². The van der Waals surface area contributed by atoms with Crippen LogP contribution in [0.2, 0.25) is 0 Å². The second kappa shape index (κ2) is 6.06. The Kier molecular flexibility index (Phi) is 4.17. The predicted molar refractivity (Wildman–Crippen MR) is 68.7 cm³/mol. The van der Waals surface area contributed by atoms with Crippen LogP contribution in [0, 0.1) is 0 Å². The first-order valence-corrected chi connectivity index (χ1v) is 5.93. The van der Waals surface area contributed by atoms with Gasteiger partial charge in [-0.15, -0.1) is 0 Å². The van der Waals surface area contributed by atoms with Gasteiger partial charge in [0.25, 0.3) is 0 Å². The standard InChI is InChI=1S/C15H17NO/c16-10-9-13-7-4-8-15(11-13)17-12-14-5-2-1-3-6-14/h1-8,11H,9-10,12,16H2/p+1. The van der Waals surface area contributed by atoms with Gasteiger partial charge in [-0.05, 0) is 23.3 Å². The summed E-state index contributed by atoms with van der Waals surface area (Å²) in [5, 5.41) is 0. The molecule has 88 valence electrons. The van der Waals surface area contributed by atoms with Gasteiger partial charge in [0.1, 0.15) is 12.4 Å². The summed E-state index contributed by atoms with van der Waals surface area (Å²) >= 11 is 0. The van der Waals surface area contributed by atoms with Gasteiger partial charge in [0.15, 0.2) is 0 Å². The van der Waals surface area contributed by atoms with Crippen LogP contribution in [0.15, 0.2) is 54.6 Å². The molecule has 0 spiro atoms. The molecule has 2 aromatic rings. The molecular weight excluding hydrogens is 210 g/mol. The van der Waals surface area contributed by atoms with Crippen molar-refractivity contribution in [2.75, 3.05) is 6.54 Å². The van der Waals surface area contributed by atoms with Gasteiger partial charge in [0.05, 0.1) is 6.54 Å². The zero-order valence-corrected chi connectivity index (χ0v) is 9.93. The number of quaternary nitrogens is 1. The van der Waals surface area contributed by atoms with E-state index in [0.29, 0.717) is 6.61 Å². The van der Waals surface area contributed by atoms with Crippen molar-refractivity contribution in [1.82, 2.24) is 0 Å². The number of hydrogen-bond acceptors (Lipinski definition) is 1. The molecule has 2 nitrogen and oxygen atoms in total. The van der Waals surface area contributed by atoms with Crippen LogP contribution in [0.3, 0.4) is 0 Å². The molecule has 2 aromatic carbocycles. The highest BCUT2D eigenvalue weighted by molar-refractivity contribution is 5.29. The van der Waals surface area contributed by atoms with E-state index in [9.17, 15) is 0 Å². The lowest BCUT2D eigenvalue weighted by Gasteiger charge is -2.07. The largest absolute Gasteiger partial charge is 0.489 e. The van der Waals surface area contributed by atoms with Gasteiger partial charge >= 0.3 is 0 Å². The molecule has 0 bridgehead atoms. The monoisotopic (exact) mass is 228 g/mol. The van der Waals surface area contributed by atoms with Gasteiger partial charge < -0.3 is 10.5 Å². The number of rotatable bonds is 5. The maximum atomic E-state index is 5.76. The Labute approximate surface area is 102 Å². The smallest absolute Gasteiger partial charge is 0.120 e. The summed E-state index contributed by atoms with van der Waals surface area (Å²) in [6.07, 6.45) is 1.00. The maximum Gasteiger partial charge on any atom is 0.120 e. The Morgan fingerprint density at radius 3 is 2.41 bits per heavy atom. The SMILES string of the molecule is [NH3+]CCc1cccc(OCc2ccccc2)c1. The van der Waals surface area contributed by atoms with Gasteiger partial charge in [-0.2, -0.15) is 0 Å². The van der Waals surface area contributed by atoms with Crippen LogP contribution in [0.5, 0.6) is 5.75 Å². The molecule has 0 aliphatic heterocycles. The average molecular weight is 228 g/mol. The average Bonchev–Trinajstić information content (AvgIpc) is 2.39. The van der Waals surface area contributed by atoms with E-state index in [0.717, 1.165) is 18.7 Å². The Bertz CT molecular complexity index is 453. The lowest BCUT2D eigenvalue weighted by molar-refractivity contribution is -0.366. The first kappa shape index (κ1) is 11.7. The minimum atomic E-state index is 0.620. The molecule has 2 rings (SSSR count). The van der Waals surface area contributed by atoms with Crippen molar-refractivity contribution in [2.45, 2.75) is 13.0 Å². The Hall–Kier alpha value is -1.80. The Morgan fingerprint density at radius 2 is 1.65 bits per heavy atom. The van der Waals surface area contributed by atoms with Crippen LogP contribution in [0.1, 0.15) is 11.1 Å². The normalized spacial score (nSPS) is 10.2. The van der Waals surface area contributed by atoms with Gasteiger partial charge in [0, 0.05) is 6.42 Å². The Morgan fingerprint density at radius 1 is 0.882 bits per heavy atom. The number of hydrogen-bond donors (Lipinski definition) is 1. The molecule has 0 aromatic heterocycles. The van der Waals surface area contributed by atoms with Crippen LogP contribution in [0.4, 0.5) is 0 Å². The molecule has 17 heavy (non-hydrogen) atoms. The van der Waals surface area contributed by atoms with E-state index in [2.05, 4.69) is 30.0 Å². The highest BCUT2D eigenvalue weighted by atomic mass is 16.5. The minimum absolute atomic E-state index is 0.620. The van der Waals surface area contributed by atoms with Crippen LogP contribution in [-0.2, 0) is 13.0 Å². The summed E-state index contributed by atoms with van der Waals surface area (Å²) < 4.78 is 5.76. The quantitative estimate of drug-likeness (QED) is 0.835. The third-order valence-corrected chi connectivity index (χ3v) is 2.61. The first-order valence-electron chi connectivity index (χ1n) is 5.93. The van der Waals surface area contributed by atoms with Crippen molar-refractivity contribution in [3.05, 3.63) is 65.7 Å². The molecule has 0 amide bonds. The zero-order valence-electron chi connectivity index (χ0n) is 9.93. The van der Waals surface area contributed by atoms with Crippen molar-refractivity contribution < 1.29 is 10.5 Å². The van der Waals surface area contributed by atoms with Gasteiger partial charge in [-0.1, -0.05) is 42.5 Å². The van der Waals surface area contributed by atoms with Crippen LogP contribution in [-0.4, -0.2) is 6.54 Å². The van der Waals surface area contributed by atoms with Crippen LogP contribution in [0.25, 0.3) is 0 Å². The molecular formula is C15H18NO+. The van der Waals surface area contributed by atoms with E-state index in [4.69, 9.17) is 4.74 Å². The minimum Gasteiger partial charge on any atom is -0.489 e. The molecule has 0 saturated heterocycles. The predicted octanol–water partition coefficient (Wildman–Crippen LogP) is 2.05. The summed E-state index contributed by atoms with van der Waals surface area (Å²) in [5.41, 5.74) is 6.34. The molecule has 0 heterocycles. The third-order valence-electron chi connectivity index (χ3n) is 2.61. The fourth-order valence-corrected chi connectivity index (χ4v) is 1.74. The topological polar surface area (TPSA) is 36.9 Å². The van der Waals surface area contributed by atoms with E-state index in [1.165, 1.54) is 11.1 Å². The summed E-state index contributed by atoms with van der Waals surface area (Å²) in [5.74, 6) is 0.930. The highest BCUT2D eigenvalue weighted by Crippen LogP contribution is 2.15. The molecule has 0 aliphatic rings. The van der Waals surface area contributed by atoms with E-state index in [1.807, 2.05) is 30.3 Å². The van der Waals surface area contributed by atoms with Gasteiger partial charge in [0.2, 0.25) is 0 Å². The second-order valence-electron chi connectivity index (χ2n) is 4.03. The fourth-order valence-electron chi connectivity index (χ4n) is 1.74. The van der Waals surface area contributed by atoms with Crippen molar-refractivity contribution in [2.24, 2.45) is 0 Å². The van der Waals surface area contributed by atoms with Crippen LogP contribution >= 0.6 is 0 Å². The molecule has 3 N–H and O–H groups in total. The van der Waals surface area contributed by atoms with Gasteiger partial charge in [-0.25, -0.2) is 0 Å². The molecule has 0 radical (unpaired) electrons. The third kappa shape index (κ3) is 3.61. The summed E-state index contributed by atoms with van der Waals surface area (Å²) in [6, 6.07) is 18.4. The van der Waals surface area contributed by atoms with Crippen molar-refractivity contribution in [3.63, 3.8) is 0 Å². The van der Waals surface area contributed by atoms with Crippen molar-refractivity contribution in [1.29, 1.82) is 0 Å². The summed E-state index contributed by atoms with van der Waals surface area (Å²) in [4.78, 5) is 0. The van der Waals surface area contributed by atoms with E-state index < -0.39 is 0 Å². The molecule has 2 heteroatoms. The molecule has 0 fully saturated rings. The fraction of sp³-hybridized carbons (Fsp3) is 0.200. The lowest BCUT2D eigenvalue weighted by Crippen LogP contribution is -2.51. The van der Waals surface area contributed by atoms with Crippen LogP contribution < -0.4 is 10.5 Å². The molecule has 0 unspecified atom stereocenters. The lowest BCUT2D eigenvalue weighted by atomic mass is 10.1. The Balaban J connectivity index is 1.97. The zero-order chi connectivity index (χ0) is 11.9. The molecule has 0 atom stereocenters. The molecule has 0 saturated carbocycles. The number of benzene rings is 2. The summed E-state index contributed by atoms with van der Waals surface area (Å²) in [7, 11) is 0. The van der Waals surface area contributed by atoms with E-state index >= 15 is 0 Å². The highest BCUT2D eigenvalue weighted by Gasteiger charge is 1.98. The number of ether oxygens (including phenoxy) is 1. The maximum absolute atomic E-state index is 5.76. The summed E-state index contributed by atoms with van der Waals surface area (Å²) in [6.45, 7) is 1.54. The van der Waals surface area contributed by atoms with Gasteiger partial charge in [-0.3, -0.25) is 0 Å². The second-order valence-corrected chi connectivity index (χ2v) is 4.03. The van der Waals surface area contributed by atoms with E-state index in [1.54, 1.807) is 0 Å². The molecule has 0 aliphatic carbocycles. The first-order chi connectivity index (χ1) is 8.38. The van der Waals surface area contributed by atoms with Crippen molar-refractivity contribution in [3.8, 4) is 5.75 Å². The van der Waals surface area contributed by atoms with E-state index in [-0.39, 0.29) is 0 Å².